The number of rotatable bonds is 11. The summed E-state index contributed by atoms with van der Waals surface area (Å²) in [5.41, 5.74) is 0.730. The first-order valence-electron chi connectivity index (χ1n) is 11.3. The number of ketones is 2. The molecule has 0 saturated carbocycles. The molecule has 1 fully saturated rings. The predicted molar refractivity (Wildman–Crippen MR) is 118 cm³/mol. The van der Waals surface area contributed by atoms with Crippen LogP contribution in [0.5, 0.6) is 0 Å². The summed E-state index contributed by atoms with van der Waals surface area (Å²) in [7, 11) is 0. The lowest BCUT2D eigenvalue weighted by atomic mass is 9.87. The van der Waals surface area contributed by atoms with Crippen molar-refractivity contribution in [1.29, 1.82) is 0 Å². The smallest absolute Gasteiger partial charge is 0.391 e. The lowest BCUT2D eigenvalue weighted by Crippen LogP contribution is -2.49. The molecule has 1 heterocycles. The largest absolute Gasteiger partial charge is 0.461 e. The van der Waals surface area contributed by atoms with E-state index < -0.39 is 72.2 Å². The fraction of sp³-hybridized carbons (Fsp3) is 0.542. The molecular weight excluding hydrogens is 469 g/mol. The highest BCUT2D eigenvalue weighted by molar-refractivity contribution is 6.37. The zero-order valence-electron chi connectivity index (χ0n) is 19.5. The maximum Gasteiger partial charge on any atom is 0.391 e. The first-order chi connectivity index (χ1) is 16.4. The molecule has 0 spiro atoms. The van der Waals surface area contributed by atoms with Gasteiger partial charge in [-0.05, 0) is 17.9 Å². The van der Waals surface area contributed by atoms with Gasteiger partial charge in [-0.25, -0.2) is 0 Å². The number of esters is 1. The van der Waals surface area contributed by atoms with Crippen LogP contribution in [0.15, 0.2) is 30.3 Å². The number of amides is 2. The van der Waals surface area contributed by atoms with Crippen LogP contribution in [0.25, 0.3) is 0 Å². The van der Waals surface area contributed by atoms with Gasteiger partial charge in [0.2, 0.25) is 11.7 Å². The minimum absolute atomic E-state index is 0.0235. The summed E-state index contributed by atoms with van der Waals surface area (Å²) in [6.45, 7) is 3.34. The molecule has 1 saturated heterocycles. The molecule has 2 rings (SSSR count). The van der Waals surface area contributed by atoms with Crippen LogP contribution >= 0.6 is 0 Å². The fourth-order valence-electron chi connectivity index (χ4n) is 3.71. The third-order valence-corrected chi connectivity index (χ3v) is 5.73. The third-order valence-electron chi connectivity index (χ3n) is 5.73. The van der Waals surface area contributed by atoms with Gasteiger partial charge in [-0.3, -0.25) is 24.0 Å². The highest BCUT2D eigenvalue weighted by Gasteiger charge is 2.40. The van der Waals surface area contributed by atoms with E-state index in [1.165, 1.54) is 0 Å². The Balaban J connectivity index is 2.05. The molecule has 1 aromatic rings. The number of carbonyl (C=O) groups is 5. The van der Waals surface area contributed by atoms with Crippen molar-refractivity contribution in [3.63, 3.8) is 0 Å². The van der Waals surface area contributed by atoms with Gasteiger partial charge in [-0.15, -0.1) is 0 Å². The van der Waals surface area contributed by atoms with Crippen molar-refractivity contribution in [2.75, 3.05) is 6.54 Å². The molecule has 0 bridgehead atoms. The van der Waals surface area contributed by atoms with E-state index in [1.807, 2.05) is 0 Å². The van der Waals surface area contributed by atoms with Crippen LogP contribution in [0.2, 0.25) is 0 Å². The summed E-state index contributed by atoms with van der Waals surface area (Å²) in [6.07, 6.45) is -7.27. The van der Waals surface area contributed by atoms with Crippen LogP contribution in [0.4, 0.5) is 13.2 Å². The Morgan fingerprint density at radius 1 is 1.14 bits per heavy atom. The molecular formula is C24H29F3N2O6. The quantitative estimate of drug-likeness (QED) is 0.358. The zero-order valence-corrected chi connectivity index (χ0v) is 19.5. The fourth-order valence-corrected chi connectivity index (χ4v) is 3.71. The van der Waals surface area contributed by atoms with E-state index in [-0.39, 0.29) is 26.0 Å². The van der Waals surface area contributed by atoms with Crippen LogP contribution in [0.3, 0.4) is 0 Å². The Bertz CT molecular complexity index is 933. The van der Waals surface area contributed by atoms with Gasteiger partial charge in [0.05, 0.1) is 24.8 Å². The normalized spacial score (nSPS) is 17.9. The molecule has 0 aliphatic carbocycles. The van der Waals surface area contributed by atoms with Gasteiger partial charge in [0, 0.05) is 18.9 Å². The zero-order chi connectivity index (χ0) is 26.2. The number of halogens is 3. The summed E-state index contributed by atoms with van der Waals surface area (Å²) in [4.78, 5) is 61.2. The topological polar surface area (TPSA) is 119 Å². The molecule has 1 aromatic carbocycles. The number of benzene rings is 1. The standard InChI is InChI=1S/C24H29F3N2O6/c1-14(2)17(11-20(31)35-13-15-6-4-3-5-7-15)22(33)29-18(12-24(25,26)27)19(30)10-16-8-9-28-23(34)21(16)32/h3-7,14,16-18H,8-13H2,1-2H3,(H,28,34)(H,29,33). The number of nitrogens with one attached hydrogen (secondary N) is 2. The lowest BCUT2D eigenvalue weighted by molar-refractivity contribution is -0.154. The molecule has 8 nitrogen and oxygen atoms in total. The second kappa shape index (κ2) is 12.5. The molecule has 192 valence electrons. The molecule has 2 amide bonds. The summed E-state index contributed by atoms with van der Waals surface area (Å²) < 4.78 is 44.6. The number of hydrogen-bond donors (Lipinski definition) is 2. The third kappa shape index (κ3) is 9.14. The Morgan fingerprint density at radius 3 is 2.40 bits per heavy atom. The Labute approximate surface area is 201 Å². The molecule has 3 unspecified atom stereocenters. The van der Waals surface area contributed by atoms with E-state index in [4.69, 9.17) is 4.74 Å². The van der Waals surface area contributed by atoms with Gasteiger partial charge in [-0.2, -0.15) is 13.2 Å². The van der Waals surface area contributed by atoms with E-state index in [9.17, 15) is 37.1 Å². The van der Waals surface area contributed by atoms with E-state index >= 15 is 0 Å². The Morgan fingerprint density at radius 2 is 1.80 bits per heavy atom. The summed E-state index contributed by atoms with van der Waals surface area (Å²) in [5, 5.41) is 4.43. The van der Waals surface area contributed by atoms with Crippen molar-refractivity contribution in [1.82, 2.24) is 10.6 Å². The second-order valence-electron chi connectivity index (χ2n) is 8.86. The number of ether oxygens (including phenoxy) is 1. The predicted octanol–water partition coefficient (Wildman–Crippen LogP) is 2.49. The minimum atomic E-state index is -4.77. The van der Waals surface area contributed by atoms with Gasteiger partial charge in [0.1, 0.15) is 6.61 Å². The van der Waals surface area contributed by atoms with Crippen molar-refractivity contribution < 1.29 is 41.9 Å². The molecule has 0 aromatic heterocycles. The van der Waals surface area contributed by atoms with Crippen molar-refractivity contribution in [2.45, 2.75) is 58.4 Å². The first kappa shape index (κ1) is 28.0. The average molecular weight is 498 g/mol. The van der Waals surface area contributed by atoms with Crippen molar-refractivity contribution >= 4 is 29.4 Å². The molecule has 1 aliphatic heterocycles. The molecule has 35 heavy (non-hydrogen) atoms. The number of piperidine rings is 1. The van der Waals surface area contributed by atoms with Gasteiger partial charge in [0.25, 0.3) is 5.91 Å². The SMILES string of the molecule is CC(C)C(CC(=O)OCc1ccccc1)C(=O)NC(CC(F)(F)F)C(=O)CC1CCNC(=O)C1=O. The number of Topliss-reactive ketones (excluding diaryl/α,β-unsaturated/α-hetero) is 2. The lowest BCUT2D eigenvalue weighted by Gasteiger charge is -2.26. The van der Waals surface area contributed by atoms with Gasteiger partial charge in [0.15, 0.2) is 5.78 Å². The summed E-state index contributed by atoms with van der Waals surface area (Å²) in [5.74, 6) is -6.89. The van der Waals surface area contributed by atoms with Crippen LogP contribution in [0.1, 0.15) is 45.1 Å². The molecule has 2 N–H and O–H groups in total. The molecule has 3 atom stereocenters. The van der Waals surface area contributed by atoms with E-state index in [0.29, 0.717) is 0 Å². The van der Waals surface area contributed by atoms with Crippen LogP contribution in [-0.2, 0) is 35.3 Å². The van der Waals surface area contributed by atoms with E-state index in [2.05, 4.69) is 10.6 Å². The number of carbonyl (C=O) groups excluding carboxylic acids is 5. The highest BCUT2D eigenvalue weighted by atomic mass is 19.4. The molecule has 11 heteroatoms. The highest BCUT2D eigenvalue weighted by Crippen LogP contribution is 2.25. The maximum absolute atomic E-state index is 13.2. The Kier molecular flexibility index (Phi) is 9.97. The minimum Gasteiger partial charge on any atom is -0.461 e. The Hall–Kier alpha value is -3.24. The van der Waals surface area contributed by atoms with Crippen LogP contribution in [-0.4, -0.2) is 48.1 Å². The van der Waals surface area contributed by atoms with Crippen molar-refractivity contribution in [2.24, 2.45) is 17.8 Å². The van der Waals surface area contributed by atoms with E-state index in [1.54, 1.807) is 44.2 Å². The van der Waals surface area contributed by atoms with E-state index in [0.717, 1.165) is 5.56 Å². The van der Waals surface area contributed by atoms with Gasteiger partial charge in [-0.1, -0.05) is 44.2 Å². The average Bonchev–Trinajstić information content (AvgIpc) is 2.78. The first-order valence-corrected chi connectivity index (χ1v) is 11.3. The van der Waals surface area contributed by atoms with Crippen molar-refractivity contribution in [3.05, 3.63) is 35.9 Å². The summed E-state index contributed by atoms with van der Waals surface area (Å²) >= 11 is 0. The monoisotopic (exact) mass is 498 g/mol. The van der Waals surface area contributed by atoms with Gasteiger partial charge < -0.3 is 15.4 Å². The van der Waals surface area contributed by atoms with Crippen molar-refractivity contribution in [3.8, 4) is 0 Å². The second-order valence-corrected chi connectivity index (χ2v) is 8.86. The maximum atomic E-state index is 13.2. The number of alkyl halides is 3. The molecule has 1 aliphatic rings. The number of hydrogen-bond acceptors (Lipinski definition) is 6. The van der Waals surface area contributed by atoms with Crippen LogP contribution in [0, 0.1) is 17.8 Å². The van der Waals surface area contributed by atoms with Gasteiger partial charge >= 0.3 is 12.1 Å². The summed E-state index contributed by atoms with van der Waals surface area (Å²) in [6, 6.07) is 6.86. The molecule has 0 radical (unpaired) electrons. The van der Waals surface area contributed by atoms with Crippen LogP contribution < -0.4 is 10.6 Å².